The van der Waals surface area contributed by atoms with Gasteiger partial charge in [-0.3, -0.25) is 0 Å². The van der Waals surface area contributed by atoms with Crippen LogP contribution in [0.5, 0.6) is 0 Å². The molecule has 0 radical (unpaired) electrons. The highest BCUT2D eigenvalue weighted by atomic mass is 32.2. The number of nitrogens with zero attached hydrogens (tertiary/aromatic N) is 2. The minimum Gasteiger partial charge on any atom is -0.419 e. The zero-order chi connectivity index (χ0) is 14.7. The third-order valence-corrected chi connectivity index (χ3v) is 5.36. The lowest BCUT2D eigenvalue weighted by molar-refractivity contribution is 0.451. The Morgan fingerprint density at radius 1 is 1.24 bits per heavy atom. The maximum Gasteiger partial charge on any atom is 0.247 e. The van der Waals surface area contributed by atoms with E-state index in [1.165, 1.54) is 0 Å². The lowest BCUT2D eigenvalue weighted by Gasteiger charge is -2.07. The zero-order valence-electron chi connectivity index (χ0n) is 11.5. The van der Waals surface area contributed by atoms with E-state index in [-0.39, 0.29) is 11.7 Å². The Hall–Kier alpha value is -1.73. The molecule has 2 aromatic rings. The van der Waals surface area contributed by atoms with Crippen LogP contribution in [0.3, 0.4) is 0 Å². The van der Waals surface area contributed by atoms with Crippen molar-refractivity contribution in [3.05, 3.63) is 36.2 Å². The first-order chi connectivity index (χ1) is 10.1. The monoisotopic (exact) mass is 307 g/mol. The Labute approximate surface area is 123 Å². The number of benzene rings is 1. The van der Waals surface area contributed by atoms with Gasteiger partial charge < -0.3 is 9.73 Å². The van der Waals surface area contributed by atoms with Gasteiger partial charge in [-0.1, -0.05) is 18.2 Å². The molecule has 1 saturated heterocycles. The van der Waals surface area contributed by atoms with Crippen LogP contribution in [0.2, 0.25) is 0 Å². The SMILES string of the molecule is O=S1(=O)CCC(CNCc2nnc(-c3ccccc3)o2)C1. The number of nitrogens with one attached hydrogen (secondary N) is 1. The molecule has 6 nitrogen and oxygen atoms in total. The fourth-order valence-corrected chi connectivity index (χ4v) is 4.30. The molecule has 1 unspecified atom stereocenters. The van der Waals surface area contributed by atoms with Gasteiger partial charge in [-0.15, -0.1) is 10.2 Å². The molecule has 1 aliphatic rings. The second-order valence-electron chi connectivity index (χ2n) is 5.27. The maximum atomic E-state index is 11.4. The van der Waals surface area contributed by atoms with Crippen LogP contribution < -0.4 is 5.32 Å². The van der Waals surface area contributed by atoms with Crippen molar-refractivity contribution in [3.8, 4) is 11.5 Å². The van der Waals surface area contributed by atoms with E-state index in [1.54, 1.807) is 0 Å². The quantitative estimate of drug-likeness (QED) is 0.895. The smallest absolute Gasteiger partial charge is 0.247 e. The van der Waals surface area contributed by atoms with Gasteiger partial charge in [-0.05, 0) is 31.0 Å². The third-order valence-electron chi connectivity index (χ3n) is 3.52. The average molecular weight is 307 g/mol. The lowest BCUT2D eigenvalue weighted by atomic mass is 10.1. The molecule has 0 amide bonds. The van der Waals surface area contributed by atoms with Gasteiger partial charge in [0.25, 0.3) is 0 Å². The van der Waals surface area contributed by atoms with Gasteiger partial charge in [0, 0.05) is 5.56 Å². The van der Waals surface area contributed by atoms with Gasteiger partial charge in [-0.2, -0.15) is 0 Å². The first-order valence-corrected chi connectivity index (χ1v) is 8.73. The van der Waals surface area contributed by atoms with Gasteiger partial charge >= 0.3 is 0 Å². The summed E-state index contributed by atoms with van der Waals surface area (Å²) in [6, 6.07) is 9.58. The first kappa shape index (κ1) is 14.2. The average Bonchev–Trinajstić information content (AvgIpc) is 3.07. The Morgan fingerprint density at radius 3 is 2.76 bits per heavy atom. The van der Waals surface area contributed by atoms with Gasteiger partial charge in [0.2, 0.25) is 11.8 Å². The molecule has 1 fully saturated rings. The molecule has 1 N–H and O–H groups in total. The molecule has 2 heterocycles. The molecule has 1 atom stereocenters. The Balaban J connectivity index is 1.52. The zero-order valence-corrected chi connectivity index (χ0v) is 12.3. The van der Waals surface area contributed by atoms with Crippen molar-refractivity contribution in [2.45, 2.75) is 13.0 Å². The van der Waals surface area contributed by atoms with Gasteiger partial charge in [0.15, 0.2) is 9.84 Å². The van der Waals surface area contributed by atoms with Crippen LogP contribution in [0.1, 0.15) is 12.3 Å². The van der Waals surface area contributed by atoms with E-state index in [0.717, 1.165) is 12.0 Å². The molecule has 0 saturated carbocycles. The number of hydrogen-bond acceptors (Lipinski definition) is 6. The highest BCUT2D eigenvalue weighted by molar-refractivity contribution is 7.91. The molecule has 0 spiro atoms. The molecular weight excluding hydrogens is 290 g/mol. The first-order valence-electron chi connectivity index (χ1n) is 6.91. The summed E-state index contributed by atoms with van der Waals surface area (Å²) in [5, 5.41) is 11.2. The standard InChI is InChI=1S/C14H17N3O3S/c18-21(19)7-6-11(10-21)8-15-9-13-16-17-14(20-13)12-4-2-1-3-5-12/h1-5,11,15H,6-10H2. The summed E-state index contributed by atoms with van der Waals surface area (Å²) in [5.74, 6) is 1.77. The van der Waals surface area contributed by atoms with Crippen LogP contribution >= 0.6 is 0 Å². The van der Waals surface area contributed by atoms with Crippen LogP contribution in [0, 0.1) is 5.92 Å². The minimum atomic E-state index is -2.81. The van der Waals surface area contributed by atoms with Crippen LogP contribution in [-0.2, 0) is 16.4 Å². The van der Waals surface area contributed by atoms with Gasteiger partial charge in [-0.25, -0.2) is 8.42 Å². The molecular formula is C14H17N3O3S. The molecule has 1 aromatic heterocycles. The normalized spacial score (nSPS) is 20.7. The second-order valence-corrected chi connectivity index (χ2v) is 7.50. The summed E-state index contributed by atoms with van der Waals surface area (Å²) in [4.78, 5) is 0. The van der Waals surface area contributed by atoms with Crippen LogP contribution in [0.25, 0.3) is 11.5 Å². The highest BCUT2D eigenvalue weighted by Crippen LogP contribution is 2.18. The fraction of sp³-hybridized carbons (Fsp3) is 0.429. The van der Waals surface area contributed by atoms with E-state index in [0.29, 0.717) is 30.6 Å². The third kappa shape index (κ3) is 3.68. The topological polar surface area (TPSA) is 85.1 Å². The maximum absolute atomic E-state index is 11.4. The van der Waals surface area contributed by atoms with Crippen molar-refractivity contribution in [3.63, 3.8) is 0 Å². The summed E-state index contributed by atoms with van der Waals surface area (Å²) in [5.41, 5.74) is 0.887. The molecule has 7 heteroatoms. The lowest BCUT2D eigenvalue weighted by Crippen LogP contribution is -2.23. The molecule has 0 aliphatic carbocycles. The van der Waals surface area contributed by atoms with Crippen molar-refractivity contribution in [2.75, 3.05) is 18.1 Å². The van der Waals surface area contributed by atoms with Crippen molar-refractivity contribution in [1.82, 2.24) is 15.5 Å². The molecule has 1 aromatic carbocycles. The summed E-state index contributed by atoms with van der Waals surface area (Å²) in [6.07, 6.45) is 0.731. The number of aromatic nitrogens is 2. The number of sulfone groups is 1. The largest absolute Gasteiger partial charge is 0.419 e. The van der Waals surface area contributed by atoms with E-state index >= 15 is 0 Å². The summed E-state index contributed by atoms with van der Waals surface area (Å²) < 4.78 is 28.3. The van der Waals surface area contributed by atoms with Crippen molar-refractivity contribution >= 4 is 9.84 Å². The van der Waals surface area contributed by atoms with Gasteiger partial charge in [0.05, 0.1) is 18.1 Å². The molecule has 112 valence electrons. The highest BCUT2D eigenvalue weighted by Gasteiger charge is 2.27. The Bertz CT molecular complexity index is 697. The second kappa shape index (κ2) is 5.95. The van der Waals surface area contributed by atoms with Crippen molar-refractivity contribution < 1.29 is 12.8 Å². The minimum absolute atomic E-state index is 0.187. The number of hydrogen-bond donors (Lipinski definition) is 1. The van der Waals surface area contributed by atoms with Crippen molar-refractivity contribution in [2.24, 2.45) is 5.92 Å². The predicted molar refractivity (Wildman–Crippen MR) is 78.2 cm³/mol. The van der Waals surface area contributed by atoms with Crippen LogP contribution in [0.15, 0.2) is 34.7 Å². The summed E-state index contributed by atoms with van der Waals surface area (Å²) in [7, 11) is -2.81. The summed E-state index contributed by atoms with van der Waals surface area (Å²) >= 11 is 0. The molecule has 3 rings (SSSR count). The van der Waals surface area contributed by atoms with E-state index < -0.39 is 9.84 Å². The summed E-state index contributed by atoms with van der Waals surface area (Å²) in [6.45, 7) is 1.11. The number of rotatable bonds is 5. The predicted octanol–water partition coefficient (Wildman–Crippen LogP) is 1.26. The Morgan fingerprint density at radius 2 is 2.05 bits per heavy atom. The molecule has 0 bridgehead atoms. The fourth-order valence-electron chi connectivity index (χ4n) is 2.44. The van der Waals surface area contributed by atoms with Crippen LogP contribution in [0.4, 0.5) is 0 Å². The van der Waals surface area contributed by atoms with E-state index in [4.69, 9.17) is 4.42 Å². The van der Waals surface area contributed by atoms with E-state index in [2.05, 4.69) is 15.5 Å². The molecule has 1 aliphatic heterocycles. The Kier molecular flexibility index (Phi) is 4.03. The van der Waals surface area contributed by atoms with Crippen LogP contribution in [-0.4, -0.2) is 36.7 Å². The van der Waals surface area contributed by atoms with Crippen molar-refractivity contribution in [1.29, 1.82) is 0 Å². The van der Waals surface area contributed by atoms with E-state index in [9.17, 15) is 8.42 Å². The molecule has 21 heavy (non-hydrogen) atoms. The van der Waals surface area contributed by atoms with E-state index in [1.807, 2.05) is 30.3 Å². The van der Waals surface area contributed by atoms with Gasteiger partial charge in [0.1, 0.15) is 0 Å².